The standard InChI is InChI=1S/C10H17NOS/c1-3-11-10(13-2)12-9-7-5-4-6-8-9/h4-5,9H,3,6-8H2,1-2H3. The predicted molar refractivity (Wildman–Crippen MR) is 59.4 cm³/mol. The van der Waals surface area contributed by atoms with E-state index in [-0.39, 0.29) is 0 Å². The molecule has 3 heteroatoms. The third kappa shape index (κ3) is 3.85. The van der Waals surface area contributed by atoms with Crippen LogP contribution in [0, 0.1) is 0 Å². The fourth-order valence-corrected chi connectivity index (χ4v) is 1.78. The molecular weight excluding hydrogens is 182 g/mol. The molecule has 0 spiro atoms. The van der Waals surface area contributed by atoms with Crippen LogP contribution in [0.5, 0.6) is 0 Å². The van der Waals surface area contributed by atoms with Gasteiger partial charge in [0.15, 0.2) is 0 Å². The van der Waals surface area contributed by atoms with E-state index in [1.165, 1.54) is 0 Å². The Morgan fingerprint density at radius 1 is 1.62 bits per heavy atom. The van der Waals surface area contributed by atoms with Crippen LogP contribution in [0.1, 0.15) is 26.2 Å². The number of ether oxygens (including phenoxy) is 1. The number of thioether (sulfide) groups is 1. The first-order chi connectivity index (χ1) is 6.36. The second-order valence-corrected chi connectivity index (χ2v) is 3.73. The van der Waals surface area contributed by atoms with Crippen LogP contribution in [0.3, 0.4) is 0 Å². The zero-order valence-electron chi connectivity index (χ0n) is 8.32. The average Bonchev–Trinajstić information content (AvgIpc) is 2.19. The van der Waals surface area contributed by atoms with Crippen molar-refractivity contribution in [3.8, 4) is 0 Å². The van der Waals surface area contributed by atoms with Gasteiger partial charge in [0.1, 0.15) is 6.10 Å². The molecule has 1 unspecified atom stereocenters. The van der Waals surface area contributed by atoms with Crippen molar-refractivity contribution in [1.29, 1.82) is 0 Å². The molecule has 0 fully saturated rings. The van der Waals surface area contributed by atoms with E-state index in [2.05, 4.69) is 17.1 Å². The van der Waals surface area contributed by atoms with Crippen molar-refractivity contribution < 1.29 is 4.74 Å². The summed E-state index contributed by atoms with van der Waals surface area (Å²) in [6.07, 6.45) is 10.1. The van der Waals surface area contributed by atoms with Crippen molar-refractivity contribution in [2.75, 3.05) is 12.8 Å². The van der Waals surface area contributed by atoms with Crippen LogP contribution in [0.2, 0.25) is 0 Å². The van der Waals surface area contributed by atoms with Crippen molar-refractivity contribution in [1.82, 2.24) is 0 Å². The fraction of sp³-hybridized carbons (Fsp3) is 0.700. The molecule has 1 rings (SSSR count). The first-order valence-corrected chi connectivity index (χ1v) is 5.99. The maximum atomic E-state index is 5.74. The summed E-state index contributed by atoms with van der Waals surface area (Å²) in [7, 11) is 0. The number of hydrogen-bond donors (Lipinski definition) is 0. The minimum atomic E-state index is 0.350. The van der Waals surface area contributed by atoms with Crippen LogP contribution in [-0.2, 0) is 4.74 Å². The van der Waals surface area contributed by atoms with Gasteiger partial charge in [-0.2, -0.15) is 0 Å². The predicted octanol–water partition coefficient (Wildman–Crippen LogP) is 2.85. The van der Waals surface area contributed by atoms with E-state index < -0.39 is 0 Å². The second-order valence-electron chi connectivity index (χ2n) is 2.97. The molecule has 0 N–H and O–H groups in total. The average molecular weight is 199 g/mol. The lowest BCUT2D eigenvalue weighted by Crippen LogP contribution is -2.17. The summed E-state index contributed by atoms with van der Waals surface area (Å²) in [4.78, 5) is 4.27. The molecule has 0 amide bonds. The minimum Gasteiger partial charge on any atom is -0.469 e. The molecule has 0 aliphatic heterocycles. The van der Waals surface area contributed by atoms with Gasteiger partial charge in [-0.15, -0.1) is 0 Å². The molecule has 0 aromatic heterocycles. The summed E-state index contributed by atoms with van der Waals surface area (Å²) in [5.41, 5.74) is 0. The van der Waals surface area contributed by atoms with E-state index in [9.17, 15) is 0 Å². The lowest BCUT2D eigenvalue weighted by atomic mass is 10.1. The van der Waals surface area contributed by atoms with Crippen molar-refractivity contribution in [3.63, 3.8) is 0 Å². The van der Waals surface area contributed by atoms with E-state index in [1.807, 2.05) is 13.2 Å². The SMILES string of the molecule is CCN=C(OC1CC=CCC1)SC. The van der Waals surface area contributed by atoms with Gasteiger partial charge in [0.05, 0.1) is 0 Å². The Kier molecular flexibility index (Phi) is 4.98. The largest absolute Gasteiger partial charge is 0.469 e. The number of aliphatic imine (C=N–C) groups is 1. The molecule has 74 valence electrons. The Bertz CT molecular complexity index is 201. The highest BCUT2D eigenvalue weighted by molar-refractivity contribution is 8.12. The Morgan fingerprint density at radius 2 is 2.46 bits per heavy atom. The smallest absolute Gasteiger partial charge is 0.245 e. The van der Waals surface area contributed by atoms with Crippen LogP contribution in [0.15, 0.2) is 17.1 Å². The van der Waals surface area contributed by atoms with E-state index >= 15 is 0 Å². The van der Waals surface area contributed by atoms with Crippen molar-refractivity contribution in [2.24, 2.45) is 4.99 Å². The second kappa shape index (κ2) is 6.08. The van der Waals surface area contributed by atoms with E-state index in [0.717, 1.165) is 31.0 Å². The molecule has 0 aromatic rings. The van der Waals surface area contributed by atoms with Crippen LogP contribution in [0.25, 0.3) is 0 Å². The molecule has 2 nitrogen and oxygen atoms in total. The number of rotatable bonds is 2. The first-order valence-electron chi connectivity index (χ1n) is 4.77. The maximum Gasteiger partial charge on any atom is 0.245 e. The van der Waals surface area contributed by atoms with Crippen LogP contribution < -0.4 is 0 Å². The monoisotopic (exact) mass is 199 g/mol. The maximum absolute atomic E-state index is 5.74. The lowest BCUT2D eigenvalue weighted by molar-refractivity contribution is 0.184. The number of hydrogen-bond acceptors (Lipinski definition) is 3. The molecule has 1 aliphatic carbocycles. The van der Waals surface area contributed by atoms with Gasteiger partial charge < -0.3 is 4.74 Å². The number of allylic oxidation sites excluding steroid dienone is 1. The molecule has 0 saturated carbocycles. The molecule has 1 atom stereocenters. The van der Waals surface area contributed by atoms with E-state index in [1.54, 1.807) is 11.8 Å². The quantitative estimate of drug-likeness (QED) is 0.387. The summed E-state index contributed by atoms with van der Waals surface area (Å²) in [5.74, 6) is 0. The third-order valence-corrected chi connectivity index (χ3v) is 2.52. The van der Waals surface area contributed by atoms with Gasteiger partial charge in [-0.3, -0.25) is 0 Å². The van der Waals surface area contributed by atoms with Gasteiger partial charge in [-0.25, -0.2) is 4.99 Å². The lowest BCUT2D eigenvalue weighted by Gasteiger charge is -2.19. The van der Waals surface area contributed by atoms with Gasteiger partial charge in [-0.05, 0) is 26.0 Å². The highest BCUT2D eigenvalue weighted by Crippen LogP contribution is 2.16. The van der Waals surface area contributed by atoms with E-state index in [0.29, 0.717) is 6.10 Å². The Morgan fingerprint density at radius 3 is 3.00 bits per heavy atom. The highest BCUT2D eigenvalue weighted by atomic mass is 32.2. The Labute approximate surface area is 84.5 Å². The highest BCUT2D eigenvalue weighted by Gasteiger charge is 2.12. The normalized spacial score (nSPS) is 23.2. The van der Waals surface area contributed by atoms with Crippen molar-refractivity contribution in [3.05, 3.63) is 12.2 Å². The summed E-state index contributed by atoms with van der Waals surface area (Å²) in [5, 5.41) is 0.836. The molecule has 1 aliphatic rings. The molecule has 0 radical (unpaired) electrons. The summed E-state index contributed by atoms with van der Waals surface area (Å²) >= 11 is 1.59. The van der Waals surface area contributed by atoms with Crippen molar-refractivity contribution in [2.45, 2.75) is 32.3 Å². The summed E-state index contributed by atoms with van der Waals surface area (Å²) < 4.78 is 5.74. The Balaban J connectivity index is 2.37. The third-order valence-electron chi connectivity index (χ3n) is 1.95. The molecule has 0 heterocycles. The molecule has 13 heavy (non-hydrogen) atoms. The molecule has 0 aromatic carbocycles. The van der Waals surface area contributed by atoms with Crippen LogP contribution in [0.4, 0.5) is 0 Å². The summed E-state index contributed by atoms with van der Waals surface area (Å²) in [6.45, 7) is 2.83. The van der Waals surface area contributed by atoms with Gasteiger partial charge >= 0.3 is 0 Å². The first kappa shape index (κ1) is 10.6. The summed E-state index contributed by atoms with van der Waals surface area (Å²) in [6, 6.07) is 0. The van der Waals surface area contributed by atoms with Gasteiger partial charge in [0, 0.05) is 13.0 Å². The topological polar surface area (TPSA) is 21.6 Å². The molecular formula is C10H17NOS. The van der Waals surface area contributed by atoms with Gasteiger partial charge in [-0.1, -0.05) is 23.9 Å². The molecule has 0 bridgehead atoms. The Hall–Kier alpha value is -0.440. The van der Waals surface area contributed by atoms with Gasteiger partial charge in [0.25, 0.3) is 0 Å². The van der Waals surface area contributed by atoms with Crippen LogP contribution >= 0.6 is 11.8 Å². The zero-order chi connectivity index (χ0) is 9.52. The minimum absolute atomic E-state index is 0.350. The van der Waals surface area contributed by atoms with Gasteiger partial charge in [0.2, 0.25) is 5.23 Å². The number of nitrogens with zero attached hydrogens (tertiary/aromatic N) is 1. The fourth-order valence-electron chi connectivity index (χ4n) is 1.29. The van der Waals surface area contributed by atoms with E-state index in [4.69, 9.17) is 4.74 Å². The van der Waals surface area contributed by atoms with Crippen molar-refractivity contribution >= 4 is 17.0 Å². The zero-order valence-corrected chi connectivity index (χ0v) is 9.14. The van der Waals surface area contributed by atoms with Crippen LogP contribution in [-0.4, -0.2) is 24.1 Å². The molecule has 0 saturated heterocycles.